The molecule has 1 fully saturated rings. The lowest BCUT2D eigenvalue weighted by Crippen LogP contribution is -2.35. The number of rotatable bonds is 2. The van der Waals surface area contributed by atoms with Crippen LogP contribution in [0.25, 0.3) is 22.2 Å². The van der Waals surface area contributed by atoms with Gasteiger partial charge in [-0.15, -0.1) is 0 Å². The van der Waals surface area contributed by atoms with Crippen LogP contribution in [0.3, 0.4) is 0 Å². The van der Waals surface area contributed by atoms with Crippen molar-refractivity contribution in [2.24, 2.45) is 18.9 Å². The monoisotopic (exact) mass is 419 g/mol. The minimum Gasteiger partial charge on any atom is -0.444 e. The highest BCUT2D eigenvalue weighted by atomic mass is 16.6. The van der Waals surface area contributed by atoms with Crippen LogP contribution < -0.4 is 0 Å². The molecule has 0 radical (unpaired) electrons. The molecule has 0 N–H and O–H groups in total. The number of benzene rings is 1. The van der Waals surface area contributed by atoms with Crippen molar-refractivity contribution >= 4 is 22.6 Å². The van der Waals surface area contributed by atoms with Crippen LogP contribution in [0.2, 0.25) is 0 Å². The quantitative estimate of drug-likeness (QED) is 0.620. The van der Waals surface area contributed by atoms with E-state index in [1.807, 2.05) is 56.0 Å². The van der Waals surface area contributed by atoms with Gasteiger partial charge in [0.1, 0.15) is 11.3 Å². The Morgan fingerprint density at radius 3 is 2.65 bits per heavy atom. The van der Waals surface area contributed by atoms with Gasteiger partial charge >= 0.3 is 6.09 Å². The van der Waals surface area contributed by atoms with Crippen LogP contribution in [0.15, 0.2) is 36.8 Å². The summed E-state index contributed by atoms with van der Waals surface area (Å²) in [5.41, 5.74) is 5.49. The van der Waals surface area contributed by atoms with Crippen LogP contribution in [0.5, 0.6) is 0 Å². The molecule has 3 heterocycles. The van der Waals surface area contributed by atoms with Crippen molar-refractivity contribution in [3.8, 4) is 5.69 Å². The van der Waals surface area contributed by atoms with Gasteiger partial charge in [0.2, 0.25) is 0 Å². The number of ether oxygens (including phenoxy) is 1. The lowest BCUT2D eigenvalue weighted by molar-refractivity contribution is 0.0285. The molecule has 162 valence electrons. The molecule has 7 heteroatoms. The second-order valence-corrected chi connectivity index (χ2v) is 9.86. The number of amides is 1. The Kier molecular flexibility index (Phi) is 4.46. The molecule has 0 saturated carbocycles. The molecule has 1 amide bonds. The summed E-state index contributed by atoms with van der Waals surface area (Å²) in [7, 11) is 1.91. The van der Waals surface area contributed by atoms with Gasteiger partial charge in [0, 0.05) is 25.5 Å². The molecule has 0 bridgehead atoms. The molecule has 0 spiro atoms. The summed E-state index contributed by atoms with van der Waals surface area (Å²) in [6.07, 6.45) is 8.86. The first-order valence-electron chi connectivity index (χ1n) is 10.8. The van der Waals surface area contributed by atoms with Crippen LogP contribution in [0, 0.1) is 18.8 Å². The molecule has 1 aromatic carbocycles. The number of carbonyl (C=O) groups is 1. The van der Waals surface area contributed by atoms with Crippen molar-refractivity contribution in [1.29, 1.82) is 0 Å². The Morgan fingerprint density at radius 1 is 1.16 bits per heavy atom. The number of fused-ring (bicyclic) bond motifs is 2. The molecular formula is C24H29N5O2. The third-order valence-corrected chi connectivity index (χ3v) is 6.24. The molecular weight excluding hydrogens is 390 g/mol. The van der Waals surface area contributed by atoms with Gasteiger partial charge in [-0.1, -0.05) is 6.08 Å². The summed E-state index contributed by atoms with van der Waals surface area (Å²) in [4.78, 5) is 14.3. The maximum absolute atomic E-state index is 12.5. The van der Waals surface area contributed by atoms with Crippen LogP contribution >= 0.6 is 0 Å². The highest BCUT2D eigenvalue weighted by molar-refractivity contribution is 5.87. The zero-order valence-electron chi connectivity index (χ0n) is 18.8. The topological polar surface area (TPSA) is 65.2 Å². The Hall–Kier alpha value is -3.09. The van der Waals surface area contributed by atoms with E-state index in [1.54, 1.807) is 4.68 Å². The van der Waals surface area contributed by atoms with Crippen LogP contribution in [-0.2, 0) is 11.8 Å². The molecule has 2 atom stereocenters. The van der Waals surface area contributed by atoms with Gasteiger partial charge in [0.05, 0.1) is 24.1 Å². The van der Waals surface area contributed by atoms with Crippen LogP contribution in [0.1, 0.15) is 38.3 Å². The minimum atomic E-state index is -0.459. The molecule has 7 nitrogen and oxygen atoms in total. The average molecular weight is 420 g/mol. The number of carbonyl (C=O) groups excluding carboxylic acids is 1. The second-order valence-electron chi connectivity index (χ2n) is 9.86. The predicted octanol–water partition coefficient (Wildman–Crippen LogP) is 4.34. The molecule has 2 aromatic heterocycles. The molecule has 1 saturated heterocycles. The normalized spacial score (nSPS) is 20.9. The summed E-state index contributed by atoms with van der Waals surface area (Å²) < 4.78 is 9.30. The summed E-state index contributed by atoms with van der Waals surface area (Å²) in [5.74, 6) is 0.849. The minimum absolute atomic E-state index is 0.199. The summed E-state index contributed by atoms with van der Waals surface area (Å²) in [5, 5.41) is 10.00. The van der Waals surface area contributed by atoms with E-state index in [4.69, 9.17) is 4.74 Å². The molecule has 1 aliphatic carbocycles. The maximum atomic E-state index is 12.5. The van der Waals surface area contributed by atoms with Gasteiger partial charge in [0.25, 0.3) is 0 Å². The van der Waals surface area contributed by atoms with Crippen molar-refractivity contribution in [3.05, 3.63) is 47.9 Å². The summed E-state index contributed by atoms with van der Waals surface area (Å²) in [6, 6.07) is 4.47. The average Bonchev–Trinajstić information content (AvgIpc) is 3.41. The standard InChI is InChI=1S/C24H29N5O2/c1-15-6-17-10-26-29(20-11-25-27(5)14-20)22(17)9-21(15)16-7-18-12-28(13-19(18)8-16)23(30)31-24(2,3)4/h6-7,9-11,14,18-19H,8,12-13H2,1-5H3/t18-,19+/m1/s1. The number of nitrogens with zero attached hydrogens (tertiary/aromatic N) is 5. The van der Waals surface area contributed by atoms with Crippen molar-refractivity contribution in [1.82, 2.24) is 24.5 Å². The maximum Gasteiger partial charge on any atom is 0.410 e. The third kappa shape index (κ3) is 3.62. The highest BCUT2D eigenvalue weighted by Crippen LogP contribution is 2.42. The van der Waals surface area contributed by atoms with E-state index in [1.165, 1.54) is 16.7 Å². The van der Waals surface area contributed by atoms with E-state index in [2.05, 4.69) is 35.3 Å². The van der Waals surface area contributed by atoms with Gasteiger partial charge in [0.15, 0.2) is 0 Å². The summed E-state index contributed by atoms with van der Waals surface area (Å²) in [6.45, 7) is 9.39. The van der Waals surface area contributed by atoms with E-state index >= 15 is 0 Å². The van der Waals surface area contributed by atoms with Gasteiger partial charge in [-0.3, -0.25) is 4.68 Å². The first-order chi connectivity index (χ1) is 14.7. The van der Waals surface area contributed by atoms with Gasteiger partial charge in [-0.25, -0.2) is 9.48 Å². The Labute approximate surface area is 182 Å². The predicted molar refractivity (Wildman–Crippen MR) is 120 cm³/mol. The van der Waals surface area contributed by atoms with Crippen molar-refractivity contribution in [2.45, 2.75) is 39.7 Å². The van der Waals surface area contributed by atoms with Crippen molar-refractivity contribution in [2.75, 3.05) is 13.1 Å². The van der Waals surface area contributed by atoms with Gasteiger partial charge in [-0.2, -0.15) is 10.2 Å². The number of aryl methyl sites for hydroxylation is 2. The zero-order valence-corrected chi connectivity index (χ0v) is 18.8. The van der Waals surface area contributed by atoms with Crippen molar-refractivity contribution in [3.63, 3.8) is 0 Å². The van der Waals surface area contributed by atoms with Gasteiger partial charge in [-0.05, 0) is 74.8 Å². The molecule has 31 heavy (non-hydrogen) atoms. The number of likely N-dealkylation sites (tertiary alicyclic amines) is 1. The largest absolute Gasteiger partial charge is 0.444 e. The first kappa shape index (κ1) is 19.8. The smallest absolute Gasteiger partial charge is 0.410 e. The van der Waals surface area contributed by atoms with Crippen molar-refractivity contribution < 1.29 is 9.53 Å². The Morgan fingerprint density at radius 2 is 1.97 bits per heavy atom. The van der Waals surface area contributed by atoms with E-state index in [0.717, 1.165) is 36.1 Å². The zero-order chi connectivity index (χ0) is 21.9. The Bertz CT molecular complexity index is 1200. The van der Waals surface area contributed by atoms with Crippen LogP contribution in [0.4, 0.5) is 4.79 Å². The molecule has 3 aromatic rings. The van der Waals surface area contributed by atoms with E-state index in [-0.39, 0.29) is 6.09 Å². The summed E-state index contributed by atoms with van der Waals surface area (Å²) >= 11 is 0. The molecule has 2 aliphatic rings. The second kappa shape index (κ2) is 6.97. The lowest BCUT2D eigenvalue weighted by atomic mass is 9.95. The SMILES string of the molecule is Cc1cc2cnn(-c3cnn(C)c3)c2cc1C1=C[C@@H]2CN(C(=O)OC(C)(C)C)C[C@@H]2C1. The fraction of sp³-hybridized carbons (Fsp3) is 0.458. The fourth-order valence-corrected chi connectivity index (χ4v) is 4.84. The Balaban J connectivity index is 1.41. The lowest BCUT2D eigenvalue weighted by Gasteiger charge is -2.24. The number of allylic oxidation sites excluding steroid dienone is 1. The first-order valence-corrected chi connectivity index (χ1v) is 10.8. The van der Waals surface area contributed by atoms with Crippen LogP contribution in [-0.4, -0.2) is 49.2 Å². The molecule has 1 aliphatic heterocycles. The van der Waals surface area contributed by atoms with E-state index in [0.29, 0.717) is 11.8 Å². The van der Waals surface area contributed by atoms with Gasteiger partial charge < -0.3 is 9.64 Å². The third-order valence-electron chi connectivity index (χ3n) is 6.24. The molecule has 0 unspecified atom stereocenters. The fourth-order valence-electron chi connectivity index (χ4n) is 4.84. The number of hydrogen-bond donors (Lipinski definition) is 0. The highest BCUT2D eigenvalue weighted by Gasteiger charge is 2.40. The van der Waals surface area contributed by atoms with E-state index < -0.39 is 5.60 Å². The number of hydrogen-bond acceptors (Lipinski definition) is 4. The van der Waals surface area contributed by atoms with E-state index in [9.17, 15) is 4.79 Å². The number of aromatic nitrogens is 4. The molecule has 5 rings (SSSR count).